The largest absolute Gasteiger partial charge is 0.283 e. The van der Waals surface area contributed by atoms with Gasteiger partial charge in [0, 0.05) is 16.5 Å². The number of hydrogen-bond donors (Lipinski definition) is 0. The van der Waals surface area contributed by atoms with Crippen molar-refractivity contribution in [3.05, 3.63) is 97.1 Å². The normalized spacial score (nSPS) is 11.8. The first-order chi connectivity index (χ1) is 15.9. The molecule has 4 nitrogen and oxygen atoms in total. The fourth-order valence-electron chi connectivity index (χ4n) is 4.39. The maximum absolute atomic E-state index is 5.07. The molecule has 0 bridgehead atoms. The molecule has 3 heterocycles. The van der Waals surface area contributed by atoms with Gasteiger partial charge in [-0.15, -0.1) is 0 Å². The molecule has 0 unspecified atom stereocenters. The number of thiazole rings is 1. The van der Waals surface area contributed by atoms with Gasteiger partial charge in [0.2, 0.25) is 0 Å². The number of benzene rings is 4. The van der Waals surface area contributed by atoms with Crippen molar-refractivity contribution in [3.8, 4) is 22.6 Å². The van der Waals surface area contributed by atoms with Crippen molar-refractivity contribution in [1.82, 2.24) is 19.4 Å². The Bertz CT molecular complexity index is 1780. The van der Waals surface area contributed by atoms with Gasteiger partial charge in [0.15, 0.2) is 10.8 Å². The highest BCUT2D eigenvalue weighted by molar-refractivity contribution is 7.24. The monoisotopic (exact) mass is 428 g/mol. The third kappa shape index (κ3) is 2.52. The fraction of sp³-hybridized carbons (Fsp3) is 0. The van der Waals surface area contributed by atoms with E-state index in [4.69, 9.17) is 15.0 Å². The zero-order valence-corrected chi connectivity index (χ0v) is 17.8. The van der Waals surface area contributed by atoms with E-state index in [1.54, 1.807) is 11.3 Å². The van der Waals surface area contributed by atoms with Gasteiger partial charge in [-0.3, -0.25) is 4.40 Å². The van der Waals surface area contributed by atoms with Gasteiger partial charge in [0.1, 0.15) is 0 Å². The number of para-hydroxylation sites is 3. The van der Waals surface area contributed by atoms with Crippen LogP contribution in [0.15, 0.2) is 97.1 Å². The summed E-state index contributed by atoms with van der Waals surface area (Å²) in [6.45, 7) is 0. The molecule has 5 heteroatoms. The second-order valence-corrected chi connectivity index (χ2v) is 8.73. The summed E-state index contributed by atoms with van der Waals surface area (Å²) in [5.74, 6) is 0.738. The van der Waals surface area contributed by atoms with Crippen LogP contribution >= 0.6 is 11.3 Å². The summed E-state index contributed by atoms with van der Waals surface area (Å²) in [7, 11) is 0. The van der Waals surface area contributed by atoms with E-state index in [0.29, 0.717) is 0 Å². The molecule has 0 amide bonds. The predicted molar refractivity (Wildman–Crippen MR) is 132 cm³/mol. The highest BCUT2D eigenvalue weighted by atomic mass is 32.1. The Balaban J connectivity index is 1.55. The Morgan fingerprint density at radius 1 is 0.594 bits per heavy atom. The lowest BCUT2D eigenvalue weighted by molar-refractivity contribution is 1.23. The number of rotatable bonds is 2. The molecule has 0 atom stereocenters. The van der Waals surface area contributed by atoms with Crippen LogP contribution < -0.4 is 0 Å². The third-order valence-corrected chi connectivity index (χ3v) is 6.94. The summed E-state index contributed by atoms with van der Waals surface area (Å²) >= 11 is 1.69. The zero-order valence-electron chi connectivity index (χ0n) is 16.9. The Labute approximate surface area is 187 Å². The molecule has 3 aromatic heterocycles. The minimum absolute atomic E-state index is 0.738. The van der Waals surface area contributed by atoms with E-state index in [9.17, 15) is 0 Å². The fourth-order valence-corrected chi connectivity index (χ4v) is 5.54. The second-order valence-electron chi connectivity index (χ2n) is 7.75. The van der Waals surface area contributed by atoms with Crippen LogP contribution in [0, 0.1) is 0 Å². The minimum atomic E-state index is 0.738. The molecular formula is C27H16N4S. The smallest absolute Gasteiger partial charge is 0.195 e. The molecule has 32 heavy (non-hydrogen) atoms. The molecule has 4 aromatic carbocycles. The topological polar surface area (TPSA) is 43.1 Å². The van der Waals surface area contributed by atoms with Gasteiger partial charge in [-0.1, -0.05) is 78.1 Å². The van der Waals surface area contributed by atoms with E-state index in [-0.39, 0.29) is 0 Å². The Kier molecular flexibility index (Phi) is 3.68. The third-order valence-electron chi connectivity index (χ3n) is 5.85. The maximum atomic E-state index is 5.07. The minimum Gasteiger partial charge on any atom is -0.283 e. The first kappa shape index (κ1) is 17.6. The van der Waals surface area contributed by atoms with Crippen LogP contribution in [-0.2, 0) is 0 Å². The van der Waals surface area contributed by atoms with Gasteiger partial charge in [-0.05, 0) is 30.3 Å². The molecule has 150 valence electrons. The van der Waals surface area contributed by atoms with Gasteiger partial charge >= 0.3 is 0 Å². The first-order valence-electron chi connectivity index (χ1n) is 10.5. The van der Waals surface area contributed by atoms with Crippen molar-refractivity contribution < 1.29 is 0 Å². The van der Waals surface area contributed by atoms with E-state index >= 15 is 0 Å². The molecular weight excluding hydrogens is 412 g/mol. The standard InChI is InChI=1S/C27H16N4S/c1-2-9-17(10-3-1)24-18-11-4-5-13-20(18)28-26(30-24)19-12-8-16-23-25(19)32-27-29-21-14-6-7-15-22(21)31(23)27/h1-16H. The molecule has 0 fully saturated rings. The van der Waals surface area contributed by atoms with E-state index in [2.05, 4.69) is 65.1 Å². The summed E-state index contributed by atoms with van der Waals surface area (Å²) in [6.07, 6.45) is 0. The highest BCUT2D eigenvalue weighted by Gasteiger charge is 2.17. The van der Waals surface area contributed by atoms with Crippen LogP contribution in [0.2, 0.25) is 0 Å². The zero-order chi connectivity index (χ0) is 21.1. The van der Waals surface area contributed by atoms with Crippen LogP contribution in [0.4, 0.5) is 0 Å². The number of nitrogens with zero attached hydrogens (tertiary/aromatic N) is 4. The van der Waals surface area contributed by atoms with Gasteiger partial charge in [0.25, 0.3) is 0 Å². The molecule has 0 saturated heterocycles. The second kappa shape index (κ2) is 6.70. The van der Waals surface area contributed by atoms with Crippen LogP contribution in [-0.4, -0.2) is 19.4 Å². The Morgan fingerprint density at radius 2 is 1.34 bits per heavy atom. The summed E-state index contributed by atoms with van der Waals surface area (Å²) in [5, 5.41) is 1.06. The number of fused-ring (bicyclic) bond motifs is 6. The summed E-state index contributed by atoms with van der Waals surface area (Å²) in [6, 6.07) is 33.1. The maximum Gasteiger partial charge on any atom is 0.195 e. The lowest BCUT2D eigenvalue weighted by Crippen LogP contribution is -1.95. The SMILES string of the molecule is c1ccc(-c2nc(-c3cccc4c3sc3nc5ccccc5n34)nc3ccccc23)cc1. The van der Waals surface area contributed by atoms with Crippen molar-refractivity contribution in [1.29, 1.82) is 0 Å². The summed E-state index contributed by atoms with van der Waals surface area (Å²) < 4.78 is 3.38. The Hall–Kier alpha value is -4.09. The average molecular weight is 429 g/mol. The molecule has 0 aliphatic carbocycles. The van der Waals surface area contributed by atoms with E-state index < -0.39 is 0 Å². The molecule has 7 rings (SSSR count). The lowest BCUT2D eigenvalue weighted by atomic mass is 10.1. The van der Waals surface area contributed by atoms with E-state index in [1.807, 2.05) is 36.4 Å². The van der Waals surface area contributed by atoms with Gasteiger partial charge < -0.3 is 0 Å². The van der Waals surface area contributed by atoms with E-state index in [0.717, 1.165) is 59.8 Å². The molecule has 7 aromatic rings. The van der Waals surface area contributed by atoms with Crippen LogP contribution in [0.5, 0.6) is 0 Å². The van der Waals surface area contributed by atoms with E-state index in [1.165, 1.54) is 0 Å². The number of hydrogen-bond acceptors (Lipinski definition) is 4. The van der Waals surface area contributed by atoms with Crippen molar-refractivity contribution in [2.75, 3.05) is 0 Å². The van der Waals surface area contributed by atoms with Gasteiger partial charge in [-0.25, -0.2) is 15.0 Å². The Morgan fingerprint density at radius 3 is 2.25 bits per heavy atom. The van der Waals surface area contributed by atoms with Crippen molar-refractivity contribution in [2.24, 2.45) is 0 Å². The highest BCUT2D eigenvalue weighted by Crippen LogP contribution is 2.37. The lowest BCUT2D eigenvalue weighted by Gasteiger charge is -2.10. The van der Waals surface area contributed by atoms with Crippen LogP contribution in [0.1, 0.15) is 0 Å². The van der Waals surface area contributed by atoms with Crippen molar-refractivity contribution in [2.45, 2.75) is 0 Å². The molecule has 0 N–H and O–H groups in total. The van der Waals surface area contributed by atoms with Gasteiger partial charge in [-0.2, -0.15) is 0 Å². The average Bonchev–Trinajstić information content (AvgIpc) is 3.40. The molecule has 0 aliphatic rings. The van der Waals surface area contributed by atoms with Crippen LogP contribution in [0.25, 0.3) is 59.8 Å². The van der Waals surface area contributed by atoms with Crippen LogP contribution in [0.3, 0.4) is 0 Å². The molecule has 0 spiro atoms. The molecule has 0 aliphatic heterocycles. The number of aromatic nitrogens is 4. The quantitative estimate of drug-likeness (QED) is 0.298. The summed E-state index contributed by atoms with van der Waals surface area (Å²) in [5.41, 5.74) is 7.29. The predicted octanol–water partition coefficient (Wildman–Crippen LogP) is 6.98. The molecule has 0 radical (unpaired) electrons. The van der Waals surface area contributed by atoms with Crippen molar-refractivity contribution in [3.63, 3.8) is 0 Å². The van der Waals surface area contributed by atoms with Crippen molar-refractivity contribution >= 4 is 48.5 Å². The molecule has 0 saturated carbocycles. The first-order valence-corrected chi connectivity index (χ1v) is 11.3. The van der Waals surface area contributed by atoms with Gasteiger partial charge in [0.05, 0.1) is 32.5 Å². The summed E-state index contributed by atoms with van der Waals surface area (Å²) in [4.78, 5) is 15.9. The number of imidazole rings is 1.